The van der Waals surface area contributed by atoms with Crippen molar-refractivity contribution < 1.29 is 19.2 Å². The summed E-state index contributed by atoms with van der Waals surface area (Å²) in [5.74, 6) is 1.39. The molecule has 4 aliphatic carbocycles. The lowest BCUT2D eigenvalue weighted by Gasteiger charge is -2.58. The number of fused-ring (bicyclic) bond motifs is 7. The van der Waals surface area contributed by atoms with Crippen LogP contribution < -0.4 is 0 Å². The number of pyridine rings is 1. The molecule has 3 aromatic rings. The standard InChI is InChI=1S/C36H40N2O4/c1-4-32(39)41-31-15-14-28-26-13-12-24-21-25(16-18-35(24,2)29(26)17-19-36(28,31)3)38-42-34(40)27-10-7-9-23-20-22-8-5-6-11-30(22)37-33(23)27/h5-11,20-21,26,28-29,31H,4,12-19H2,1-3H3/b38-25+/t26-,28-,29-,31-,35-,36-/m0/s1. The quantitative estimate of drug-likeness (QED) is 0.138. The van der Waals surface area contributed by atoms with Crippen molar-refractivity contribution in [3.63, 3.8) is 0 Å². The van der Waals surface area contributed by atoms with Gasteiger partial charge in [0.2, 0.25) is 0 Å². The van der Waals surface area contributed by atoms with Crippen LogP contribution in [0.3, 0.4) is 0 Å². The largest absolute Gasteiger partial charge is 0.462 e. The fraction of sp³-hybridized carbons (Fsp3) is 0.500. The zero-order chi connectivity index (χ0) is 29.1. The summed E-state index contributed by atoms with van der Waals surface area (Å²) in [7, 11) is 0. The van der Waals surface area contributed by atoms with E-state index >= 15 is 0 Å². The van der Waals surface area contributed by atoms with Gasteiger partial charge in [-0.2, -0.15) is 0 Å². The molecular formula is C36H40N2O4. The average Bonchev–Trinajstić information content (AvgIpc) is 3.34. The van der Waals surface area contributed by atoms with Gasteiger partial charge < -0.3 is 9.57 Å². The highest BCUT2D eigenvalue weighted by Crippen LogP contribution is 2.65. The maximum atomic E-state index is 13.2. The van der Waals surface area contributed by atoms with Crippen molar-refractivity contribution in [3.05, 3.63) is 65.7 Å². The van der Waals surface area contributed by atoms with Crippen molar-refractivity contribution in [1.29, 1.82) is 0 Å². The number of carbonyl (C=O) groups is 2. The van der Waals surface area contributed by atoms with E-state index in [2.05, 4.69) is 31.1 Å². The number of hydrogen-bond acceptors (Lipinski definition) is 6. The van der Waals surface area contributed by atoms with E-state index in [0.29, 0.717) is 35.3 Å². The Kier molecular flexibility index (Phi) is 6.71. The van der Waals surface area contributed by atoms with Crippen LogP contribution in [-0.2, 0) is 14.4 Å². The molecule has 0 N–H and O–H groups in total. The van der Waals surface area contributed by atoms with Gasteiger partial charge in [-0.05, 0) is 98.8 Å². The molecule has 0 aliphatic heterocycles. The second-order valence-corrected chi connectivity index (χ2v) is 13.5. The lowest BCUT2D eigenvalue weighted by Crippen LogP contribution is -2.51. The molecule has 6 heteroatoms. The summed E-state index contributed by atoms with van der Waals surface area (Å²) in [4.78, 5) is 35.7. The normalized spacial score (nSPS) is 33.0. The molecule has 7 rings (SSSR count). The first kappa shape index (κ1) is 27.3. The van der Waals surface area contributed by atoms with Crippen LogP contribution in [0, 0.1) is 28.6 Å². The van der Waals surface area contributed by atoms with Crippen molar-refractivity contribution in [3.8, 4) is 0 Å². The summed E-state index contributed by atoms with van der Waals surface area (Å²) < 4.78 is 5.97. The highest BCUT2D eigenvalue weighted by molar-refractivity contribution is 6.06. The molecule has 4 aliphatic rings. The summed E-state index contributed by atoms with van der Waals surface area (Å²) in [6.07, 6.45) is 11.2. The molecule has 2 aromatic carbocycles. The molecule has 1 aromatic heterocycles. The summed E-state index contributed by atoms with van der Waals surface area (Å²) in [6, 6.07) is 15.6. The first-order valence-electron chi connectivity index (χ1n) is 15.8. The maximum Gasteiger partial charge on any atom is 0.367 e. The number of esters is 1. The van der Waals surface area contributed by atoms with E-state index in [1.54, 1.807) is 6.07 Å². The van der Waals surface area contributed by atoms with Crippen LogP contribution in [0.15, 0.2) is 65.3 Å². The molecule has 218 valence electrons. The van der Waals surface area contributed by atoms with Crippen LogP contribution >= 0.6 is 0 Å². The van der Waals surface area contributed by atoms with Gasteiger partial charge in [-0.1, -0.05) is 61.8 Å². The number of oxime groups is 1. The minimum absolute atomic E-state index is 0.0603. The minimum atomic E-state index is -0.475. The van der Waals surface area contributed by atoms with Crippen molar-refractivity contribution in [2.75, 3.05) is 0 Å². The monoisotopic (exact) mass is 564 g/mol. The van der Waals surface area contributed by atoms with E-state index in [1.807, 2.05) is 43.3 Å². The Bertz CT molecular complexity index is 1640. The Morgan fingerprint density at radius 1 is 0.952 bits per heavy atom. The minimum Gasteiger partial charge on any atom is -0.462 e. The third-order valence-electron chi connectivity index (χ3n) is 11.5. The average molecular weight is 565 g/mol. The molecule has 6 atom stereocenters. The van der Waals surface area contributed by atoms with Crippen molar-refractivity contribution in [2.24, 2.45) is 33.7 Å². The van der Waals surface area contributed by atoms with Gasteiger partial charge in [-0.3, -0.25) is 4.79 Å². The second-order valence-electron chi connectivity index (χ2n) is 13.5. The number of rotatable bonds is 4. The molecule has 0 radical (unpaired) electrons. The Morgan fingerprint density at radius 3 is 2.64 bits per heavy atom. The SMILES string of the molecule is CCC(=O)O[C@H]1CC[C@H]2[C@@H]3CCC4=C/C(=N/OC(=O)c5cccc6cc7ccccc7nc56)CC[C@]4(C)[C@H]3CC[C@]12C. The molecule has 0 spiro atoms. The highest BCUT2D eigenvalue weighted by Gasteiger charge is 2.59. The van der Waals surface area contributed by atoms with Crippen molar-refractivity contribution >= 4 is 39.5 Å². The van der Waals surface area contributed by atoms with Gasteiger partial charge in [0.15, 0.2) is 0 Å². The maximum absolute atomic E-state index is 13.2. The first-order valence-corrected chi connectivity index (χ1v) is 15.8. The number of benzene rings is 2. The Labute approximate surface area is 247 Å². The number of aromatic nitrogens is 1. The first-order chi connectivity index (χ1) is 20.3. The van der Waals surface area contributed by atoms with Crippen LogP contribution in [0.25, 0.3) is 21.8 Å². The predicted octanol–water partition coefficient (Wildman–Crippen LogP) is 8.19. The molecule has 42 heavy (non-hydrogen) atoms. The van der Waals surface area contributed by atoms with Crippen LogP contribution in [0.1, 0.15) is 88.9 Å². The van der Waals surface area contributed by atoms with Gasteiger partial charge in [-0.15, -0.1) is 0 Å². The van der Waals surface area contributed by atoms with Crippen LogP contribution in [0.5, 0.6) is 0 Å². The summed E-state index contributed by atoms with van der Waals surface area (Å²) in [6.45, 7) is 6.72. The van der Waals surface area contributed by atoms with E-state index in [1.165, 1.54) is 18.4 Å². The molecule has 0 unspecified atom stereocenters. The van der Waals surface area contributed by atoms with Gasteiger partial charge in [-0.25, -0.2) is 9.78 Å². The zero-order valence-electron chi connectivity index (χ0n) is 24.9. The van der Waals surface area contributed by atoms with E-state index in [0.717, 1.165) is 60.5 Å². The molecule has 0 saturated heterocycles. The third-order valence-corrected chi connectivity index (χ3v) is 11.5. The van der Waals surface area contributed by atoms with Gasteiger partial charge >= 0.3 is 11.9 Å². The molecule has 0 amide bonds. The predicted molar refractivity (Wildman–Crippen MR) is 164 cm³/mol. The number of allylic oxidation sites excluding steroid dienone is 2. The summed E-state index contributed by atoms with van der Waals surface area (Å²) >= 11 is 0. The van der Waals surface area contributed by atoms with E-state index in [9.17, 15) is 9.59 Å². The summed E-state index contributed by atoms with van der Waals surface area (Å²) in [5, 5.41) is 6.32. The van der Waals surface area contributed by atoms with E-state index < -0.39 is 5.97 Å². The van der Waals surface area contributed by atoms with Gasteiger partial charge in [0, 0.05) is 22.6 Å². The van der Waals surface area contributed by atoms with Gasteiger partial charge in [0.05, 0.1) is 22.3 Å². The van der Waals surface area contributed by atoms with Crippen molar-refractivity contribution in [1.82, 2.24) is 4.98 Å². The van der Waals surface area contributed by atoms with Crippen LogP contribution in [0.2, 0.25) is 0 Å². The number of carbonyl (C=O) groups excluding carboxylic acids is 2. The van der Waals surface area contributed by atoms with Crippen molar-refractivity contribution in [2.45, 2.75) is 84.7 Å². The molecule has 3 saturated carbocycles. The Morgan fingerprint density at radius 2 is 1.79 bits per heavy atom. The lowest BCUT2D eigenvalue weighted by molar-refractivity contribution is -0.159. The number of nitrogens with zero attached hydrogens (tertiary/aromatic N) is 2. The van der Waals surface area contributed by atoms with Crippen LogP contribution in [-0.4, -0.2) is 28.7 Å². The molecule has 0 bridgehead atoms. The van der Waals surface area contributed by atoms with Gasteiger partial charge in [0.25, 0.3) is 0 Å². The fourth-order valence-electron chi connectivity index (χ4n) is 9.15. The molecule has 6 nitrogen and oxygen atoms in total. The van der Waals surface area contributed by atoms with Gasteiger partial charge in [0.1, 0.15) is 6.10 Å². The lowest BCUT2D eigenvalue weighted by atomic mass is 9.47. The highest BCUT2D eigenvalue weighted by atomic mass is 16.7. The number of para-hydroxylation sites is 2. The summed E-state index contributed by atoms with van der Waals surface area (Å²) in [5.41, 5.74) is 4.47. The molecular weight excluding hydrogens is 524 g/mol. The molecule has 1 heterocycles. The second kappa shape index (κ2) is 10.3. The number of hydrogen-bond donors (Lipinski definition) is 0. The third kappa shape index (κ3) is 4.37. The topological polar surface area (TPSA) is 77.9 Å². The number of ether oxygens (including phenoxy) is 1. The smallest absolute Gasteiger partial charge is 0.367 e. The molecule has 3 fully saturated rings. The van der Waals surface area contributed by atoms with E-state index in [4.69, 9.17) is 14.6 Å². The Hall–Kier alpha value is -3.54. The zero-order valence-corrected chi connectivity index (χ0v) is 24.9. The van der Waals surface area contributed by atoms with E-state index in [-0.39, 0.29) is 22.9 Å². The Balaban J connectivity index is 1.09. The van der Waals surface area contributed by atoms with Crippen LogP contribution in [0.4, 0.5) is 0 Å². The fourth-order valence-corrected chi connectivity index (χ4v) is 9.15.